The normalized spacial score (nSPS) is 22.4. The summed E-state index contributed by atoms with van der Waals surface area (Å²) in [7, 11) is 1.47. The van der Waals surface area contributed by atoms with E-state index < -0.39 is 0 Å². The quantitative estimate of drug-likeness (QED) is 0.871. The minimum Gasteiger partial charge on any atom is -0.469 e. The third-order valence-electron chi connectivity index (χ3n) is 5.08. The van der Waals surface area contributed by atoms with E-state index in [9.17, 15) is 4.79 Å². The van der Waals surface area contributed by atoms with Crippen molar-refractivity contribution in [2.45, 2.75) is 32.1 Å². The van der Waals surface area contributed by atoms with Crippen molar-refractivity contribution < 1.29 is 9.53 Å². The number of benzene rings is 1. The van der Waals surface area contributed by atoms with Crippen LogP contribution in [0, 0.1) is 11.8 Å². The van der Waals surface area contributed by atoms with E-state index in [0.717, 1.165) is 31.0 Å². The van der Waals surface area contributed by atoms with Gasteiger partial charge in [0.25, 0.3) is 0 Å². The highest BCUT2D eigenvalue weighted by Crippen LogP contribution is 2.36. The first-order valence-electron chi connectivity index (χ1n) is 8.34. The van der Waals surface area contributed by atoms with Crippen LogP contribution < -0.4 is 5.32 Å². The van der Waals surface area contributed by atoms with Gasteiger partial charge in [0, 0.05) is 0 Å². The van der Waals surface area contributed by atoms with E-state index >= 15 is 0 Å². The van der Waals surface area contributed by atoms with Gasteiger partial charge in [-0.1, -0.05) is 30.3 Å². The van der Waals surface area contributed by atoms with Crippen molar-refractivity contribution in [3.63, 3.8) is 0 Å². The summed E-state index contributed by atoms with van der Waals surface area (Å²) in [6, 6.07) is 8.51. The van der Waals surface area contributed by atoms with Gasteiger partial charge in [-0.25, -0.2) is 0 Å². The van der Waals surface area contributed by atoms with Crippen LogP contribution in [0.4, 0.5) is 0 Å². The molecule has 1 atom stereocenters. The second-order valence-electron chi connectivity index (χ2n) is 6.39. The maximum Gasteiger partial charge on any atom is 0.309 e. The number of esters is 1. The van der Waals surface area contributed by atoms with E-state index in [4.69, 9.17) is 4.74 Å². The first-order chi connectivity index (χ1) is 10.8. The molecular weight excluding hydrogens is 274 g/mol. The fourth-order valence-corrected chi connectivity index (χ4v) is 3.83. The molecule has 1 heterocycles. The largest absolute Gasteiger partial charge is 0.469 e. The van der Waals surface area contributed by atoms with Crippen LogP contribution in [0.25, 0.3) is 5.57 Å². The van der Waals surface area contributed by atoms with Crippen molar-refractivity contribution in [2.24, 2.45) is 11.8 Å². The van der Waals surface area contributed by atoms with Crippen LogP contribution in [0.15, 0.2) is 30.3 Å². The van der Waals surface area contributed by atoms with Crippen LogP contribution in [0.1, 0.15) is 36.8 Å². The van der Waals surface area contributed by atoms with Gasteiger partial charge in [0.1, 0.15) is 0 Å². The molecule has 1 fully saturated rings. The van der Waals surface area contributed by atoms with Crippen LogP contribution in [0.2, 0.25) is 0 Å². The number of hydrogen-bond acceptors (Lipinski definition) is 3. The van der Waals surface area contributed by atoms with Gasteiger partial charge >= 0.3 is 5.97 Å². The Balaban J connectivity index is 1.89. The van der Waals surface area contributed by atoms with Crippen molar-refractivity contribution in [2.75, 3.05) is 20.2 Å². The zero-order valence-electron chi connectivity index (χ0n) is 13.3. The van der Waals surface area contributed by atoms with Crippen LogP contribution in [-0.2, 0) is 16.0 Å². The van der Waals surface area contributed by atoms with Gasteiger partial charge in [0.15, 0.2) is 0 Å². The number of hydrogen-bond donors (Lipinski definition) is 1. The van der Waals surface area contributed by atoms with E-state index in [1.54, 1.807) is 0 Å². The van der Waals surface area contributed by atoms with Crippen molar-refractivity contribution in [3.8, 4) is 0 Å². The van der Waals surface area contributed by atoms with Crippen molar-refractivity contribution in [1.29, 1.82) is 0 Å². The summed E-state index contributed by atoms with van der Waals surface area (Å²) >= 11 is 0. The summed E-state index contributed by atoms with van der Waals surface area (Å²) in [5.74, 6) is 1.17. The van der Waals surface area contributed by atoms with E-state index in [1.165, 1.54) is 37.5 Å². The average molecular weight is 299 g/mol. The number of methoxy groups -OCH3 is 1. The molecule has 0 radical (unpaired) electrons. The topological polar surface area (TPSA) is 38.3 Å². The second kappa shape index (κ2) is 7.10. The van der Waals surface area contributed by atoms with Gasteiger partial charge in [0.2, 0.25) is 0 Å². The number of nitrogens with one attached hydrogen (secondary N) is 1. The summed E-state index contributed by atoms with van der Waals surface area (Å²) < 4.78 is 4.90. The monoisotopic (exact) mass is 299 g/mol. The summed E-state index contributed by atoms with van der Waals surface area (Å²) in [6.45, 7) is 2.24. The molecule has 0 aromatic heterocycles. The molecule has 1 aliphatic carbocycles. The Labute approximate surface area is 132 Å². The van der Waals surface area contributed by atoms with E-state index in [0.29, 0.717) is 12.3 Å². The zero-order chi connectivity index (χ0) is 15.4. The molecule has 2 aliphatic rings. The van der Waals surface area contributed by atoms with Crippen molar-refractivity contribution in [3.05, 3.63) is 41.5 Å². The Kier molecular flexibility index (Phi) is 4.94. The zero-order valence-corrected chi connectivity index (χ0v) is 13.3. The highest BCUT2D eigenvalue weighted by Gasteiger charge is 2.26. The Morgan fingerprint density at radius 2 is 2.00 bits per heavy atom. The molecule has 1 aliphatic heterocycles. The number of ether oxygens (including phenoxy) is 1. The molecule has 3 heteroatoms. The fraction of sp³-hybridized carbons (Fsp3) is 0.526. The Bertz CT molecular complexity index is 558. The first kappa shape index (κ1) is 15.3. The maximum absolute atomic E-state index is 11.8. The predicted molar refractivity (Wildman–Crippen MR) is 88.5 cm³/mol. The van der Waals surface area contributed by atoms with Crippen LogP contribution in [-0.4, -0.2) is 26.2 Å². The van der Waals surface area contributed by atoms with Crippen LogP contribution in [0.5, 0.6) is 0 Å². The summed E-state index contributed by atoms with van der Waals surface area (Å²) in [5.41, 5.74) is 3.77. The molecule has 0 saturated carbocycles. The Morgan fingerprint density at radius 1 is 1.23 bits per heavy atom. The van der Waals surface area contributed by atoms with Crippen molar-refractivity contribution >= 4 is 11.5 Å². The SMILES string of the molecule is COC(=O)CC1=CC(C2CCNCC2)CCc2ccccc21. The number of rotatable bonds is 3. The minimum atomic E-state index is -0.146. The van der Waals surface area contributed by atoms with E-state index in [2.05, 4.69) is 35.7 Å². The molecule has 3 nitrogen and oxygen atoms in total. The van der Waals surface area contributed by atoms with Gasteiger partial charge in [-0.05, 0) is 67.3 Å². The molecule has 1 aromatic carbocycles. The van der Waals surface area contributed by atoms with E-state index in [1.807, 2.05) is 0 Å². The average Bonchev–Trinajstić information content (AvgIpc) is 2.76. The third-order valence-corrected chi connectivity index (χ3v) is 5.08. The Morgan fingerprint density at radius 3 is 2.77 bits per heavy atom. The number of carbonyl (C=O) groups is 1. The predicted octanol–water partition coefficient (Wildman–Crippen LogP) is 3.20. The lowest BCUT2D eigenvalue weighted by molar-refractivity contribution is -0.139. The smallest absolute Gasteiger partial charge is 0.309 e. The van der Waals surface area contributed by atoms with Gasteiger partial charge < -0.3 is 10.1 Å². The number of piperidine rings is 1. The molecule has 0 bridgehead atoms. The van der Waals surface area contributed by atoms with Gasteiger partial charge in [-0.3, -0.25) is 4.79 Å². The minimum absolute atomic E-state index is 0.146. The number of allylic oxidation sites excluding steroid dienone is 1. The molecule has 1 unspecified atom stereocenters. The second-order valence-corrected chi connectivity index (χ2v) is 6.39. The highest BCUT2D eigenvalue weighted by molar-refractivity contribution is 5.86. The molecule has 22 heavy (non-hydrogen) atoms. The summed E-state index contributed by atoms with van der Waals surface area (Å²) in [5, 5.41) is 3.44. The third kappa shape index (κ3) is 3.41. The molecule has 118 valence electrons. The molecule has 0 amide bonds. The molecule has 3 rings (SSSR count). The lowest BCUT2D eigenvalue weighted by Crippen LogP contribution is -2.31. The molecule has 0 spiro atoms. The molecule has 1 aromatic rings. The number of carbonyl (C=O) groups excluding carboxylic acids is 1. The van der Waals surface area contributed by atoms with E-state index in [-0.39, 0.29) is 5.97 Å². The lowest BCUT2D eigenvalue weighted by atomic mass is 9.81. The first-order valence-corrected chi connectivity index (χ1v) is 8.34. The number of aryl methyl sites for hydroxylation is 1. The number of fused-ring (bicyclic) bond motifs is 1. The van der Waals surface area contributed by atoms with Crippen LogP contribution in [0.3, 0.4) is 0 Å². The van der Waals surface area contributed by atoms with Gasteiger partial charge in [0.05, 0.1) is 13.5 Å². The molecular formula is C19H25NO2. The Hall–Kier alpha value is -1.61. The maximum atomic E-state index is 11.8. The molecule has 1 N–H and O–H groups in total. The molecule has 1 saturated heterocycles. The van der Waals surface area contributed by atoms with Gasteiger partial charge in [-0.15, -0.1) is 0 Å². The van der Waals surface area contributed by atoms with Crippen LogP contribution >= 0.6 is 0 Å². The van der Waals surface area contributed by atoms with Gasteiger partial charge in [-0.2, -0.15) is 0 Å². The summed E-state index contributed by atoms with van der Waals surface area (Å²) in [6.07, 6.45) is 7.53. The van der Waals surface area contributed by atoms with Crippen molar-refractivity contribution in [1.82, 2.24) is 5.32 Å². The highest BCUT2D eigenvalue weighted by atomic mass is 16.5. The standard InChI is InChI=1S/C19H25NO2/c1-22-19(21)13-17-12-16(14-8-10-20-11-9-14)7-6-15-4-2-3-5-18(15)17/h2-5,12,14,16,20H,6-11,13H2,1H3. The lowest BCUT2D eigenvalue weighted by Gasteiger charge is -2.28. The fourth-order valence-electron chi connectivity index (χ4n) is 3.83. The summed E-state index contributed by atoms with van der Waals surface area (Å²) in [4.78, 5) is 11.8.